The summed E-state index contributed by atoms with van der Waals surface area (Å²) in [6.07, 6.45) is -6.50. The van der Waals surface area contributed by atoms with Crippen molar-refractivity contribution in [2.75, 3.05) is 12.3 Å². The molecule has 2 rings (SSSR count). The van der Waals surface area contributed by atoms with Crippen molar-refractivity contribution >= 4 is 41.5 Å². The molecule has 1 aliphatic heterocycles. The van der Waals surface area contributed by atoms with Crippen molar-refractivity contribution in [3.63, 3.8) is 0 Å². The summed E-state index contributed by atoms with van der Waals surface area (Å²) in [5.41, 5.74) is 11.1. The molecule has 2 heterocycles. The smallest absolute Gasteiger partial charge is 0.387 e. The molecule has 0 radical (unpaired) electrons. The van der Waals surface area contributed by atoms with Gasteiger partial charge in [-0.05, 0) is 17.7 Å². The Kier molecular flexibility index (Phi) is 8.18. The molecule has 7 N–H and O–H groups in total. The van der Waals surface area contributed by atoms with Crippen molar-refractivity contribution in [2.24, 2.45) is 5.11 Å². The van der Waals surface area contributed by atoms with E-state index < -0.39 is 70.7 Å². The third-order valence-electron chi connectivity index (χ3n) is 3.63. The molecule has 18 nitrogen and oxygen atoms in total. The maximum atomic E-state index is 14.8. The highest BCUT2D eigenvalue weighted by Crippen LogP contribution is 2.66. The fourth-order valence-corrected chi connectivity index (χ4v) is 5.68. The Morgan fingerprint density at radius 2 is 1.94 bits per heavy atom. The number of nitrogens with zero attached hydrogens (tertiary/aromatic N) is 5. The molecule has 0 saturated carbocycles. The molecule has 1 saturated heterocycles. The number of hydrogen-bond acceptors (Lipinski definition) is 12. The molecule has 0 amide bonds. The first-order valence-corrected chi connectivity index (χ1v) is 12.7. The average molecular weight is 560 g/mol. The number of azide groups is 1. The zero-order valence-electron chi connectivity index (χ0n) is 15.4. The molecule has 3 unspecified atom stereocenters. The van der Waals surface area contributed by atoms with Crippen molar-refractivity contribution in [3.05, 3.63) is 27.2 Å². The number of aliphatic hydroxyl groups excluding tert-OH is 1. The SMILES string of the molecule is [N-]=[N+]=N[C@]1(COP(=O)(O)OP(=O)(O)OP(=O)(O)O)O[C@@H](n2cc(F)c(N)nc2=S)C(F)[C@H]1O. The van der Waals surface area contributed by atoms with E-state index in [1.807, 2.05) is 0 Å². The van der Waals surface area contributed by atoms with Gasteiger partial charge in [0.25, 0.3) is 0 Å². The van der Waals surface area contributed by atoms with Gasteiger partial charge in [-0.15, -0.1) is 0 Å². The van der Waals surface area contributed by atoms with Gasteiger partial charge in [-0.2, -0.15) is 13.6 Å². The first-order chi connectivity index (χ1) is 14.9. The number of nitrogen functional groups attached to an aromatic ring is 1. The van der Waals surface area contributed by atoms with Gasteiger partial charge in [0.15, 0.2) is 24.0 Å². The first kappa shape index (κ1) is 27.8. The zero-order chi connectivity index (χ0) is 25.4. The maximum absolute atomic E-state index is 14.8. The van der Waals surface area contributed by atoms with E-state index in [9.17, 15) is 32.5 Å². The topological polar surface area (TPSA) is 282 Å². The largest absolute Gasteiger partial charge is 0.490 e. The van der Waals surface area contributed by atoms with Crippen molar-refractivity contribution < 1.29 is 65.0 Å². The molecule has 186 valence electrons. The Balaban J connectivity index is 2.31. The lowest BCUT2D eigenvalue weighted by molar-refractivity contribution is -0.122. The number of alkyl halides is 1. The second kappa shape index (κ2) is 9.69. The second-order valence-corrected chi connectivity index (χ2v) is 10.7. The minimum Gasteiger partial charge on any atom is -0.387 e. The van der Waals surface area contributed by atoms with Crippen LogP contribution in [0.1, 0.15) is 6.23 Å². The summed E-state index contributed by atoms with van der Waals surface area (Å²) < 4.78 is 78.7. The second-order valence-electron chi connectivity index (χ2n) is 5.96. The van der Waals surface area contributed by atoms with Gasteiger partial charge in [0.1, 0.15) is 6.10 Å². The number of halogens is 2. The monoisotopic (exact) mass is 560 g/mol. The number of phosphoric ester groups is 1. The zero-order valence-corrected chi connectivity index (χ0v) is 18.9. The molecule has 0 bridgehead atoms. The maximum Gasteiger partial charge on any atom is 0.490 e. The number of rotatable bonds is 9. The predicted octanol–water partition coefficient (Wildman–Crippen LogP) is 0.912. The van der Waals surface area contributed by atoms with Gasteiger partial charge in [-0.1, -0.05) is 5.11 Å². The van der Waals surface area contributed by atoms with Crippen LogP contribution in [0.25, 0.3) is 10.4 Å². The fourth-order valence-electron chi connectivity index (χ4n) is 2.38. The van der Waals surface area contributed by atoms with Crippen molar-refractivity contribution in [3.8, 4) is 0 Å². The van der Waals surface area contributed by atoms with Crippen LogP contribution in [0.3, 0.4) is 0 Å². The van der Waals surface area contributed by atoms with Crippen LogP contribution in [0.2, 0.25) is 0 Å². The van der Waals surface area contributed by atoms with E-state index in [0.717, 1.165) is 0 Å². The van der Waals surface area contributed by atoms with E-state index in [-0.39, 0.29) is 0 Å². The van der Waals surface area contributed by atoms with E-state index >= 15 is 0 Å². The average Bonchev–Trinajstić information content (AvgIpc) is 2.86. The van der Waals surface area contributed by atoms with Gasteiger partial charge >= 0.3 is 23.5 Å². The van der Waals surface area contributed by atoms with Gasteiger partial charge in [-0.25, -0.2) is 22.5 Å². The lowest BCUT2D eigenvalue weighted by atomic mass is 10.1. The standard InChI is InChI=1S/C9H13F2N6O12P3S/c10-3-1-17(8(33)14-6(3)12)7-4(11)5(18)9(27-7,15-16-13)2-26-31(22,23)29-32(24,25)28-30(19,20)21/h1,4-5,7,18H,2H2,(H,22,23)(H,24,25)(H2,12,14,33)(H2,19,20,21)/t4?,5-,7-,9-/m1/s1. The molecule has 1 aromatic heterocycles. The minimum atomic E-state index is -5.90. The molecular formula is C9H13F2N6O12P3S. The van der Waals surface area contributed by atoms with Crippen LogP contribution in [0, 0.1) is 10.6 Å². The van der Waals surface area contributed by atoms with Crippen LogP contribution in [0.5, 0.6) is 0 Å². The van der Waals surface area contributed by atoms with Crippen LogP contribution in [0.15, 0.2) is 11.3 Å². The molecular weight excluding hydrogens is 547 g/mol. The van der Waals surface area contributed by atoms with Crippen molar-refractivity contribution in [1.29, 1.82) is 0 Å². The Labute approximate surface area is 185 Å². The number of ether oxygens (including phenoxy) is 1. The van der Waals surface area contributed by atoms with Gasteiger partial charge in [0, 0.05) is 11.1 Å². The molecule has 33 heavy (non-hydrogen) atoms. The van der Waals surface area contributed by atoms with Crippen LogP contribution in [0.4, 0.5) is 14.6 Å². The molecule has 1 aromatic rings. The van der Waals surface area contributed by atoms with Crippen LogP contribution < -0.4 is 5.73 Å². The summed E-state index contributed by atoms with van der Waals surface area (Å²) in [7, 11) is -17.3. The van der Waals surface area contributed by atoms with Crippen LogP contribution in [-0.4, -0.2) is 58.8 Å². The highest BCUT2D eigenvalue weighted by molar-refractivity contribution is 7.71. The predicted molar refractivity (Wildman–Crippen MR) is 100 cm³/mol. The summed E-state index contributed by atoms with van der Waals surface area (Å²) >= 11 is 4.80. The minimum absolute atomic E-state index is 0.536. The summed E-state index contributed by atoms with van der Waals surface area (Å²) in [6.45, 7) is -1.54. The number of phosphoric acid groups is 3. The summed E-state index contributed by atoms with van der Waals surface area (Å²) in [5.74, 6) is -1.83. The van der Waals surface area contributed by atoms with Gasteiger partial charge in [0.05, 0.1) is 6.61 Å². The van der Waals surface area contributed by atoms with Gasteiger partial charge < -0.3 is 35.2 Å². The molecule has 0 aliphatic carbocycles. The number of hydrogen-bond donors (Lipinski definition) is 6. The molecule has 6 atom stereocenters. The summed E-state index contributed by atoms with van der Waals surface area (Å²) in [6, 6.07) is 0. The highest BCUT2D eigenvalue weighted by atomic mass is 32.1. The summed E-state index contributed by atoms with van der Waals surface area (Å²) in [5, 5.41) is 13.2. The number of aliphatic hydroxyl groups is 1. The van der Waals surface area contributed by atoms with E-state index in [0.29, 0.717) is 10.8 Å². The number of anilines is 1. The lowest BCUT2D eigenvalue weighted by Gasteiger charge is -2.27. The normalized spacial score (nSPS) is 29.1. The highest BCUT2D eigenvalue weighted by Gasteiger charge is 2.57. The number of aromatic nitrogens is 2. The Morgan fingerprint density at radius 1 is 1.33 bits per heavy atom. The van der Waals surface area contributed by atoms with E-state index in [2.05, 4.69) is 28.2 Å². The van der Waals surface area contributed by atoms with E-state index in [4.69, 9.17) is 42.9 Å². The molecule has 1 fully saturated rings. The van der Waals surface area contributed by atoms with E-state index in [1.54, 1.807) is 0 Å². The van der Waals surface area contributed by atoms with Crippen molar-refractivity contribution in [2.45, 2.75) is 24.2 Å². The third-order valence-corrected chi connectivity index (χ3v) is 7.72. The lowest BCUT2D eigenvalue weighted by Crippen LogP contribution is -2.44. The van der Waals surface area contributed by atoms with Crippen molar-refractivity contribution in [1.82, 2.24) is 9.55 Å². The van der Waals surface area contributed by atoms with Crippen LogP contribution >= 0.6 is 35.7 Å². The number of nitrogens with two attached hydrogens (primary N) is 1. The first-order valence-electron chi connectivity index (χ1n) is 7.81. The molecule has 0 aromatic carbocycles. The van der Waals surface area contributed by atoms with E-state index in [1.165, 1.54) is 0 Å². The van der Waals surface area contributed by atoms with Crippen LogP contribution in [-0.2, 0) is 31.6 Å². The Hall–Kier alpha value is -1.40. The third kappa shape index (κ3) is 6.82. The van der Waals surface area contributed by atoms with Gasteiger partial charge in [0.2, 0.25) is 10.5 Å². The van der Waals surface area contributed by atoms with Gasteiger partial charge in [-0.3, -0.25) is 9.09 Å². The Morgan fingerprint density at radius 3 is 2.48 bits per heavy atom. The quantitative estimate of drug-likeness (QED) is 0.0804. The fraction of sp³-hybridized carbons (Fsp3) is 0.556. The summed E-state index contributed by atoms with van der Waals surface area (Å²) in [4.78, 5) is 41.3. The molecule has 0 spiro atoms. The Bertz CT molecular complexity index is 1180. The molecule has 24 heteroatoms. The molecule has 1 aliphatic rings.